The minimum Gasteiger partial charge on any atom is -0.388 e. The third-order valence-corrected chi connectivity index (χ3v) is 7.65. The van der Waals surface area contributed by atoms with Crippen LogP contribution in [-0.2, 0) is 19.4 Å². The van der Waals surface area contributed by atoms with Gasteiger partial charge in [-0.2, -0.15) is 18.3 Å². The van der Waals surface area contributed by atoms with Crippen LogP contribution in [0.2, 0.25) is 0 Å². The summed E-state index contributed by atoms with van der Waals surface area (Å²) < 4.78 is 44.1. The van der Waals surface area contributed by atoms with Crippen molar-refractivity contribution >= 4 is 34.5 Å². The number of anilines is 2. The molecule has 4 aromatic rings. The molecule has 0 amide bonds. The Morgan fingerprint density at radius 2 is 2.08 bits per heavy atom. The third-order valence-electron chi connectivity index (χ3n) is 6.84. The lowest BCUT2D eigenvalue weighted by Gasteiger charge is -2.25. The molecule has 0 fully saturated rings. The second-order valence-corrected chi connectivity index (χ2v) is 10.5. The highest BCUT2D eigenvalue weighted by Gasteiger charge is 2.33. The number of rotatable bonds is 8. The number of fused-ring (bicyclic) bond motifs is 2. The van der Waals surface area contributed by atoms with Crippen LogP contribution in [0.3, 0.4) is 0 Å². The number of halogens is 3. The average Bonchev–Trinajstić information content (AvgIpc) is 3.54. The second-order valence-electron chi connectivity index (χ2n) is 9.42. The van der Waals surface area contributed by atoms with E-state index in [-0.39, 0.29) is 35.1 Å². The number of nitrogens with one attached hydrogen (secondary N) is 3. The van der Waals surface area contributed by atoms with Gasteiger partial charge >= 0.3 is 5.51 Å². The summed E-state index contributed by atoms with van der Waals surface area (Å²) in [4.78, 5) is 4.56. The summed E-state index contributed by atoms with van der Waals surface area (Å²) in [5.41, 5.74) is 1.67. The maximum absolute atomic E-state index is 13.5. The molecule has 0 saturated heterocycles. The number of imidazole rings is 1. The van der Waals surface area contributed by atoms with E-state index in [1.54, 1.807) is 18.5 Å². The quantitative estimate of drug-likeness (QED) is 0.186. The lowest BCUT2D eigenvalue weighted by molar-refractivity contribution is -0.0329. The van der Waals surface area contributed by atoms with Crippen molar-refractivity contribution < 1.29 is 13.2 Å². The molecule has 3 aromatic heterocycles. The first-order chi connectivity index (χ1) is 19.3. The van der Waals surface area contributed by atoms with Crippen LogP contribution < -0.4 is 16.0 Å². The molecule has 1 aliphatic heterocycles. The molecule has 208 valence electrons. The van der Waals surface area contributed by atoms with Gasteiger partial charge in [-0.05, 0) is 60.2 Å². The van der Waals surface area contributed by atoms with E-state index in [9.17, 15) is 13.2 Å². The van der Waals surface area contributed by atoms with Gasteiger partial charge in [-0.3, -0.25) is 9.08 Å². The number of aryl methyl sites for hydroxylation is 2. The number of hydrogen-bond donors (Lipinski definition) is 3. The summed E-state index contributed by atoms with van der Waals surface area (Å²) in [5.74, 6) is 5.85. The monoisotopic (exact) mass is 565 g/mol. The highest BCUT2D eigenvalue weighted by molar-refractivity contribution is 8.00. The van der Waals surface area contributed by atoms with Crippen LogP contribution in [0.1, 0.15) is 35.9 Å². The molecule has 1 unspecified atom stereocenters. The molecule has 1 aromatic carbocycles. The van der Waals surface area contributed by atoms with Crippen LogP contribution >= 0.6 is 11.8 Å². The van der Waals surface area contributed by atoms with Gasteiger partial charge in [-0.25, -0.2) is 4.98 Å². The highest BCUT2D eigenvalue weighted by atomic mass is 32.2. The molecule has 0 aliphatic carbocycles. The lowest BCUT2D eigenvalue weighted by atomic mass is 10.0. The minimum absolute atomic E-state index is 0.0513. The van der Waals surface area contributed by atoms with Crippen LogP contribution in [0.25, 0.3) is 11.3 Å². The predicted octanol–water partition coefficient (Wildman–Crippen LogP) is 5.79. The van der Waals surface area contributed by atoms with E-state index in [4.69, 9.17) is 0 Å². The molecule has 0 bridgehead atoms. The maximum Gasteiger partial charge on any atom is 0.447 e. The Labute approximate surface area is 235 Å². The van der Waals surface area contributed by atoms with E-state index in [2.05, 4.69) is 57.4 Å². The summed E-state index contributed by atoms with van der Waals surface area (Å²) in [6.45, 7) is 7.10. The number of benzene rings is 1. The molecule has 4 heterocycles. The fraction of sp³-hybridized carbons (Fsp3) is 0.310. The summed E-state index contributed by atoms with van der Waals surface area (Å²) in [6.07, 6.45) is 5.80. The van der Waals surface area contributed by atoms with Crippen LogP contribution in [-0.4, -0.2) is 44.3 Å². The Bertz CT molecular complexity index is 1590. The van der Waals surface area contributed by atoms with Gasteiger partial charge in [0, 0.05) is 67.3 Å². The normalized spacial score (nSPS) is 14.8. The molecule has 11 heteroatoms. The Hall–Kier alpha value is -4.04. The van der Waals surface area contributed by atoms with E-state index >= 15 is 0 Å². The van der Waals surface area contributed by atoms with E-state index in [0.717, 1.165) is 54.0 Å². The summed E-state index contributed by atoms with van der Waals surface area (Å²) in [5, 5.41) is 14.1. The SMILES string of the molecule is C=C(NC)c1ccc(NCC#Cc2nc3c(NC4CCn5nccc5C4)cccn3c2SC(F)(F)F)c(CC)c1. The smallest absolute Gasteiger partial charge is 0.388 e. The van der Waals surface area contributed by atoms with Gasteiger partial charge in [0.05, 0.1) is 12.2 Å². The Morgan fingerprint density at radius 1 is 1.23 bits per heavy atom. The number of nitrogens with zero attached hydrogens (tertiary/aromatic N) is 4. The number of thioether (sulfide) groups is 1. The van der Waals surface area contributed by atoms with Gasteiger partial charge in [0.25, 0.3) is 0 Å². The highest BCUT2D eigenvalue weighted by Crippen LogP contribution is 2.39. The Balaban J connectivity index is 1.39. The van der Waals surface area contributed by atoms with E-state index in [1.165, 1.54) is 4.40 Å². The summed E-state index contributed by atoms with van der Waals surface area (Å²) >= 11 is -0.199. The predicted molar refractivity (Wildman–Crippen MR) is 154 cm³/mol. The molecule has 1 aliphatic rings. The molecule has 0 spiro atoms. The maximum atomic E-state index is 13.5. The van der Waals surface area contributed by atoms with Crippen LogP contribution in [0.5, 0.6) is 0 Å². The van der Waals surface area contributed by atoms with Crippen LogP contribution in [0.15, 0.2) is 60.4 Å². The number of aromatic nitrogens is 4. The van der Waals surface area contributed by atoms with Gasteiger partial charge in [0.15, 0.2) is 5.65 Å². The molecular formula is C29H30F3N7S. The molecule has 1 atom stereocenters. The van der Waals surface area contributed by atoms with Crippen molar-refractivity contribution in [2.24, 2.45) is 0 Å². The first kappa shape index (κ1) is 27.5. The molecule has 3 N–H and O–H groups in total. The zero-order chi connectivity index (χ0) is 28.3. The number of alkyl halides is 3. The third kappa shape index (κ3) is 6.07. The first-order valence-electron chi connectivity index (χ1n) is 13.0. The van der Waals surface area contributed by atoms with Gasteiger partial charge in [-0.15, -0.1) is 0 Å². The average molecular weight is 566 g/mol. The zero-order valence-corrected chi connectivity index (χ0v) is 23.1. The fourth-order valence-corrected chi connectivity index (χ4v) is 5.47. The van der Waals surface area contributed by atoms with E-state index < -0.39 is 5.51 Å². The second kappa shape index (κ2) is 11.6. The van der Waals surface area contributed by atoms with Crippen molar-refractivity contribution in [2.45, 2.75) is 49.3 Å². The van der Waals surface area contributed by atoms with Crippen molar-refractivity contribution in [3.05, 3.63) is 77.9 Å². The van der Waals surface area contributed by atoms with Gasteiger partial charge in [0.1, 0.15) is 10.7 Å². The Kier molecular flexibility index (Phi) is 7.98. The number of pyridine rings is 1. The summed E-state index contributed by atoms with van der Waals surface area (Å²) in [7, 11) is 1.82. The molecule has 7 nitrogen and oxygen atoms in total. The van der Waals surface area contributed by atoms with Crippen LogP contribution in [0.4, 0.5) is 24.5 Å². The van der Waals surface area contributed by atoms with Gasteiger partial charge < -0.3 is 16.0 Å². The van der Waals surface area contributed by atoms with Crippen molar-refractivity contribution in [2.75, 3.05) is 24.2 Å². The largest absolute Gasteiger partial charge is 0.447 e. The zero-order valence-electron chi connectivity index (χ0n) is 22.3. The molecule has 5 rings (SSSR count). The lowest BCUT2D eigenvalue weighted by Crippen LogP contribution is -2.30. The molecule has 0 saturated carbocycles. The fourth-order valence-electron chi connectivity index (χ4n) is 4.82. The minimum atomic E-state index is -4.48. The number of hydrogen-bond acceptors (Lipinski definition) is 6. The van der Waals surface area contributed by atoms with E-state index in [1.807, 2.05) is 36.0 Å². The molecular weight excluding hydrogens is 535 g/mol. The standard InChI is InChI=1S/C29H30F3N7S/c1-4-20-17-21(19(2)33-3)9-10-24(20)34-13-5-7-26-28(40-29(30,31)32)38-15-6-8-25(27(38)37-26)36-22-12-16-39-23(18-22)11-14-35-39/h6,8-11,14-15,17,22,33-34,36H,2,4,12-13,16,18H2,1,3H3. The van der Waals surface area contributed by atoms with E-state index in [0.29, 0.717) is 11.3 Å². The van der Waals surface area contributed by atoms with Crippen molar-refractivity contribution in [3.63, 3.8) is 0 Å². The van der Waals surface area contributed by atoms with Crippen molar-refractivity contribution in [1.82, 2.24) is 24.5 Å². The van der Waals surface area contributed by atoms with Gasteiger partial charge in [0.2, 0.25) is 0 Å². The van der Waals surface area contributed by atoms with Gasteiger partial charge in [-0.1, -0.05) is 25.5 Å². The topological polar surface area (TPSA) is 71.2 Å². The Morgan fingerprint density at radius 3 is 2.85 bits per heavy atom. The summed E-state index contributed by atoms with van der Waals surface area (Å²) in [6, 6.07) is 11.7. The molecule has 40 heavy (non-hydrogen) atoms. The van der Waals surface area contributed by atoms with Crippen LogP contribution in [0, 0.1) is 11.8 Å². The van der Waals surface area contributed by atoms with Crippen molar-refractivity contribution in [1.29, 1.82) is 0 Å². The first-order valence-corrected chi connectivity index (χ1v) is 13.8. The molecule has 0 radical (unpaired) electrons. The van der Waals surface area contributed by atoms with Crippen molar-refractivity contribution in [3.8, 4) is 11.8 Å².